The molecule has 0 atom stereocenters. The average Bonchev–Trinajstić information content (AvgIpc) is 2.27. The summed E-state index contributed by atoms with van der Waals surface area (Å²) in [5.41, 5.74) is 6.77. The van der Waals surface area contributed by atoms with Gasteiger partial charge in [-0.3, -0.25) is 4.79 Å². The second kappa shape index (κ2) is 4.23. The van der Waals surface area contributed by atoms with E-state index >= 15 is 0 Å². The molecule has 0 aliphatic heterocycles. The molecule has 4 heteroatoms. The third-order valence-corrected chi connectivity index (χ3v) is 3.09. The highest BCUT2D eigenvalue weighted by molar-refractivity contribution is 5.98. The Bertz CT molecular complexity index is 383. The van der Waals surface area contributed by atoms with E-state index in [1.54, 1.807) is 24.3 Å². The molecule has 1 saturated carbocycles. The number of hydrogen-bond donors (Lipinski definition) is 3. The fraction of sp³-hybridized carbons (Fsp3) is 0.417. The van der Waals surface area contributed by atoms with Crippen LogP contribution in [0.25, 0.3) is 0 Å². The molecule has 0 radical (unpaired) electrons. The maximum absolute atomic E-state index is 11.8. The largest absolute Gasteiger partial charge is 0.392 e. The van der Waals surface area contributed by atoms with Gasteiger partial charge in [-0.25, -0.2) is 0 Å². The molecule has 0 heterocycles. The molecule has 0 aromatic heterocycles. The number of aliphatic hydroxyl groups is 1. The molecule has 4 nitrogen and oxygen atoms in total. The maximum atomic E-state index is 11.8. The Labute approximate surface area is 94.5 Å². The molecule has 1 aliphatic carbocycles. The van der Waals surface area contributed by atoms with Crippen LogP contribution in [-0.2, 0) is 11.4 Å². The summed E-state index contributed by atoms with van der Waals surface area (Å²) >= 11 is 0. The second-order valence-corrected chi connectivity index (χ2v) is 4.32. The minimum Gasteiger partial charge on any atom is -0.392 e. The molecular weight excluding hydrogens is 204 g/mol. The summed E-state index contributed by atoms with van der Waals surface area (Å²) < 4.78 is 0. The fourth-order valence-electron chi connectivity index (χ4n) is 1.73. The summed E-state index contributed by atoms with van der Waals surface area (Å²) in [7, 11) is 0. The highest BCUT2D eigenvalue weighted by Gasteiger charge is 2.39. The van der Waals surface area contributed by atoms with Crippen LogP contribution >= 0.6 is 0 Å². The van der Waals surface area contributed by atoms with E-state index in [-0.39, 0.29) is 12.5 Å². The molecule has 0 unspecified atom stereocenters. The monoisotopic (exact) mass is 220 g/mol. The summed E-state index contributed by atoms with van der Waals surface area (Å²) in [4.78, 5) is 11.8. The van der Waals surface area contributed by atoms with Gasteiger partial charge in [0.15, 0.2) is 0 Å². The van der Waals surface area contributed by atoms with Crippen LogP contribution in [-0.4, -0.2) is 16.6 Å². The number of anilines is 1. The van der Waals surface area contributed by atoms with Crippen LogP contribution in [0.15, 0.2) is 24.3 Å². The highest BCUT2D eigenvalue weighted by atomic mass is 16.3. The van der Waals surface area contributed by atoms with Crippen LogP contribution in [0.4, 0.5) is 5.69 Å². The Morgan fingerprint density at radius 3 is 2.44 bits per heavy atom. The lowest BCUT2D eigenvalue weighted by Crippen LogP contribution is -2.56. The highest BCUT2D eigenvalue weighted by Crippen LogP contribution is 2.30. The number of carbonyl (C=O) groups is 1. The molecule has 1 fully saturated rings. The summed E-state index contributed by atoms with van der Waals surface area (Å²) in [6, 6.07) is 7.09. The smallest absolute Gasteiger partial charge is 0.244 e. The van der Waals surface area contributed by atoms with E-state index in [1.807, 2.05) is 0 Å². The Kier molecular flexibility index (Phi) is 2.94. The number of benzene rings is 1. The zero-order chi connectivity index (χ0) is 11.6. The van der Waals surface area contributed by atoms with Gasteiger partial charge in [-0.05, 0) is 37.0 Å². The van der Waals surface area contributed by atoms with E-state index in [2.05, 4.69) is 5.32 Å². The quantitative estimate of drug-likeness (QED) is 0.711. The number of nitrogens with two attached hydrogens (primary N) is 1. The third kappa shape index (κ3) is 2.08. The summed E-state index contributed by atoms with van der Waals surface area (Å²) in [5.74, 6) is -0.115. The van der Waals surface area contributed by atoms with E-state index in [0.29, 0.717) is 0 Å². The molecule has 1 aromatic rings. The lowest BCUT2D eigenvalue weighted by molar-refractivity contribution is -0.123. The van der Waals surface area contributed by atoms with Crippen molar-refractivity contribution in [3.63, 3.8) is 0 Å². The number of rotatable bonds is 3. The van der Waals surface area contributed by atoms with Gasteiger partial charge < -0.3 is 16.2 Å². The molecule has 2 rings (SSSR count). The molecule has 1 aromatic carbocycles. The van der Waals surface area contributed by atoms with Crippen LogP contribution < -0.4 is 11.1 Å². The Morgan fingerprint density at radius 1 is 1.38 bits per heavy atom. The minimum atomic E-state index is -0.671. The molecule has 4 N–H and O–H groups in total. The predicted octanol–water partition coefficient (Wildman–Crippen LogP) is 0.999. The van der Waals surface area contributed by atoms with Crippen LogP contribution in [0.2, 0.25) is 0 Å². The molecule has 86 valence electrons. The Morgan fingerprint density at radius 2 is 2.00 bits per heavy atom. The van der Waals surface area contributed by atoms with E-state index in [1.165, 1.54) is 0 Å². The van der Waals surface area contributed by atoms with Crippen LogP contribution in [0.5, 0.6) is 0 Å². The maximum Gasteiger partial charge on any atom is 0.244 e. The van der Waals surface area contributed by atoms with E-state index in [9.17, 15) is 4.79 Å². The summed E-state index contributed by atoms with van der Waals surface area (Å²) in [6.07, 6.45) is 2.54. The Balaban J connectivity index is 2.00. The van der Waals surface area contributed by atoms with Crippen molar-refractivity contribution in [2.24, 2.45) is 5.73 Å². The fourth-order valence-corrected chi connectivity index (χ4v) is 1.73. The van der Waals surface area contributed by atoms with Gasteiger partial charge in [-0.15, -0.1) is 0 Å². The van der Waals surface area contributed by atoms with E-state index in [0.717, 1.165) is 30.5 Å². The van der Waals surface area contributed by atoms with Gasteiger partial charge in [0.1, 0.15) is 0 Å². The lowest BCUT2D eigenvalue weighted by atomic mass is 9.77. The predicted molar refractivity (Wildman–Crippen MR) is 61.8 cm³/mol. The number of hydrogen-bond acceptors (Lipinski definition) is 3. The second-order valence-electron chi connectivity index (χ2n) is 4.32. The molecule has 0 saturated heterocycles. The lowest BCUT2D eigenvalue weighted by Gasteiger charge is -2.36. The van der Waals surface area contributed by atoms with Gasteiger partial charge in [0.25, 0.3) is 0 Å². The van der Waals surface area contributed by atoms with Crippen molar-refractivity contribution >= 4 is 11.6 Å². The van der Waals surface area contributed by atoms with Gasteiger partial charge in [-0.2, -0.15) is 0 Å². The van der Waals surface area contributed by atoms with Gasteiger partial charge in [0.2, 0.25) is 5.91 Å². The topological polar surface area (TPSA) is 75.4 Å². The average molecular weight is 220 g/mol. The first-order valence-corrected chi connectivity index (χ1v) is 5.44. The molecule has 0 spiro atoms. The number of nitrogens with one attached hydrogen (secondary N) is 1. The van der Waals surface area contributed by atoms with Crippen LogP contribution in [0, 0.1) is 0 Å². The first-order chi connectivity index (χ1) is 7.64. The third-order valence-electron chi connectivity index (χ3n) is 3.09. The first-order valence-electron chi connectivity index (χ1n) is 5.44. The van der Waals surface area contributed by atoms with Crippen molar-refractivity contribution in [1.82, 2.24) is 0 Å². The molecular formula is C12H16N2O2. The normalized spacial score (nSPS) is 17.6. The van der Waals surface area contributed by atoms with Gasteiger partial charge in [0.05, 0.1) is 12.1 Å². The van der Waals surface area contributed by atoms with Crippen molar-refractivity contribution in [2.75, 3.05) is 5.32 Å². The number of carbonyl (C=O) groups excluding carboxylic acids is 1. The molecule has 1 aliphatic rings. The van der Waals surface area contributed by atoms with Gasteiger partial charge in [-0.1, -0.05) is 12.1 Å². The molecule has 0 bridgehead atoms. The van der Waals surface area contributed by atoms with Gasteiger partial charge in [0, 0.05) is 5.69 Å². The minimum absolute atomic E-state index is 0.00898. The van der Waals surface area contributed by atoms with Crippen molar-refractivity contribution in [3.8, 4) is 0 Å². The standard InChI is InChI=1S/C12H16N2O2/c13-12(6-1-7-12)11(16)14-10-4-2-9(8-15)3-5-10/h2-5,15H,1,6-8,13H2,(H,14,16). The zero-order valence-corrected chi connectivity index (χ0v) is 9.07. The van der Waals surface area contributed by atoms with Crippen molar-refractivity contribution < 1.29 is 9.90 Å². The van der Waals surface area contributed by atoms with Crippen molar-refractivity contribution in [2.45, 2.75) is 31.4 Å². The van der Waals surface area contributed by atoms with Crippen molar-refractivity contribution in [3.05, 3.63) is 29.8 Å². The molecule has 1 amide bonds. The molecule has 16 heavy (non-hydrogen) atoms. The van der Waals surface area contributed by atoms with Crippen LogP contribution in [0.3, 0.4) is 0 Å². The van der Waals surface area contributed by atoms with Gasteiger partial charge >= 0.3 is 0 Å². The van der Waals surface area contributed by atoms with Crippen molar-refractivity contribution in [1.29, 1.82) is 0 Å². The SMILES string of the molecule is NC1(C(=O)Nc2ccc(CO)cc2)CCC1. The zero-order valence-electron chi connectivity index (χ0n) is 9.07. The first kappa shape index (κ1) is 11.1. The number of aliphatic hydroxyl groups excluding tert-OH is 1. The Hall–Kier alpha value is -1.39. The van der Waals surface area contributed by atoms with E-state index in [4.69, 9.17) is 10.8 Å². The van der Waals surface area contributed by atoms with E-state index < -0.39 is 5.54 Å². The summed E-state index contributed by atoms with van der Waals surface area (Å²) in [5, 5.41) is 11.7. The number of amides is 1. The van der Waals surface area contributed by atoms with Crippen LogP contribution in [0.1, 0.15) is 24.8 Å². The summed E-state index contributed by atoms with van der Waals surface area (Å²) in [6.45, 7) is 0.00898.